The minimum Gasteiger partial charge on any atom is -0.373 e. The maximum absolute atomic E-state index is 11.7. The van der Waals surface area contributed by atoms with Crippen LogP contribution in [0.3, 0.4) is 0 Å². The van der Waals surface area contributed by atoms with Gasteiger partial charge in [0.05, 0.1) is 6.10 Å². The molecule has 2 aromatic rings. The summed E-state index contributed by atoms with van der Waals surface area (Å²) in [4.78, 5) is 11.7. The fraction of sp³-hybridized carbons (Fsp3) is 0.500. The van der Waals surface area contributed by atoms with Crippen LogP contribution in [0.25, 0.3) is 0 Å². The van der Waals surface area contributed by atoms with Crippen LogP contribution < -0.4 is 5.32 Å². The second-order valence-corrected chi connectivity index (χ2v) is 5.66. The summed E-state index contributed by atoms with van der Waals surface area (Å²) in [6.45, 7) is 1.38. The number of amides is 1. The summed E-state index contributed by atoms with van der Waals surface area (Å²) in [6.07, 6.45) is 5.79. The van der Waals surface area contributed by atoms with Gasteiger partial charge in [0.2, 0.25) is 5.91 Å². The summed E-state index contributed by atoms with van der Waals surface area (Å²) in [5.41, 5.74) is 2.72. The number of hydrogen-bond donors (Lipinski definition) is 1. The van der Waals surface area contributed by atoms with Gasteiger partial charge in [0, 0.05) is 13.2 Å². The van der Waals surface area contributed by atoms with E-state index in [-0.39, 0.29) is 18.6 Å². The van der Waals surface area contributed by atoms with E-state index < -0.39 is 0 Å². The molecule has 7 nitrogen and oxygen atoms in total. The van der Waals surface area contributed by atoms with E-state index in [9.17, 15) is 4.79 Å². The molecule has 23 heavy (non-hydrogen) atoms. The molecule has 1 aromatic heterocycles. The molecule has 1 heterocycles. The largest absolute Gasteiger partial charge is 0.373 e. The third kappa shape index (κ3) is 4.35. The van der Waals surface area contributed by atoms with Crippen molar-refractivity contribution in [3.63, 3.8) is 0 Å². The average molecular weight is 315 g/mol. The number of aromatic nitrogens is 4. The molecule has 0 radical (unpaired) electrons. The van der Waals surface area contributed by atoms with Crippen molar-refractivity contribution >= 4 is 5.91 Å². The van der Waals surface area contributed by atoms with Gasteiger partial charge < -0.3 is 10.1 Å². The molecule has 0 saturated carbocycles. The van der Waals surface area contributed by atoms with E-state index in [1.54, 1.807) is 0 Å². The van der Waals surface area contributed by atoms with Crippen LogP contribution in [0.1, 0.15) is 36.5 Å². The number of carbonyl (C=O) groups excluding carboxylic acids is 1. The van der Waals surface area contributed by atoms with Gasteiger partial charge in [-0.15, -0.1) is 5.10 Å². The predicted molar refractivity (Wildman–Crippen MR) is 83.5 cm³/mol. The topological polar surface area (TPSA) is 81.9 Å². The molecule has 1 amide bonds. The highest BCUT2D eigenvalue weighted by molar-refractivity contribution is 5.75. The van der Waals surface area contributed by atoms with Crippen LogP contribution >= 0.6 is 0 Å². The number of aryl methyl sites for hydroxylation is 1. The quantitative estimate of drug-likeness (QED) is 0.778. The van der Waals surface area contributed by atoms with Crippen molar-refractivity contribution < 1.29 is 9.53 Å². The van der Waals surface area contributed by atoms with Gasteiger partial charge in [-0.05, 0) is 47.2 Å². The Bertz CT molecular complexity index is 629. The van der Waals surface area contributed by atoms with Crippen LogP contribution in [0, 0.1) is 0 Å². The van der Waals surface area contributed by atoms with Crippen LogP contribution in [-0.4, -0.2) is 39.3 Å². The number of benzene rings is 1. The lowest BCUT2D eigenvalue weighted by Gasteiger charge is -2.25. The van der Waals surface area contributed by atoms with E-state index in [2.05, 4.69) is 45.1 Å². The zero-order chi connectivity index (χ0) is 15.9. The average Bonchev–Trinajstić information content (AvgIpc) is 3.07. The SMILES string of the molecule is O=C(Cn1cnnn1)NCCCOC1CCCc2ccccc21. The maximum Gasteiger partial charge on any atom is 0.241 e. The third-order valence-corrected chi connectivity index (χ3v) is 3.97. The van der Waals surface area contributed by atoms with E-state index in [4.69, 9.17) is 4.74 Å². The fourth-order valence-corrected chi connectivity index (χ4v) is 2.86. The summed E-state index contributed by atoms with van der Waals surface area (Å²) >= 11 is 0. The number of hydrogen-bond acceptors (Lipinski definition) is 5. The first-order chi connectivity index (χ1) is 11.3. The number of fused-ring (bicyclic) bond motifs is 1. The van der Waals surface area contributed by atoms with Crippen LogP contribution in [0.15, 0.2) is 30.6 Å². The minimum absolute atomic E-state index is 0.0969. The molecule has 1 aliphatic carbocycles. The number of nitrogens with zero attached hydrogens (tertiary/aromatic N) is 4. The molecule has 1 aromatic carbocycles. The number of ether oxygens (including phenoxy) is 1. The predicted octanol–water partition coefficient (Wildman–Crippen LogP) is 1.27. The maximum atomic E-state index is 11.7. The lowest BCUT2D eigenvalue weighted by Crippen LogP contribution is -2.29. The van der Waals surface area contributed by atoms with E-state index in [0.29, 0.717) is 13.2 Å². The van der Waals surface area contributed by atoms with Crippen LogP contribution in [0.2, 0.25) is 0 Å². The van der Waals surface area contributed by atoms with E-state index >= 15 is 0 Å². The first-order valence-electron chi connectivity index (χ1n) is 8.00. The summed E-state index contributed by atoms with van der Waals surface area (Å²) in [5, 5.41) is 13.5. The van der Waals surface area contributed by atoms with Gasteiger partial charge in [-0.2, -0.15) is 0 Å². The molecule has 0 bridgehead atoms. The molecule has 3 rings (SSSR count). The normalized spacial score (nSPS) is 16.8. The van der Waals surface area contributed by atoms with Gasteiger partial charge >= 0.3 is 0 Å². The highest BCUT2D eigenvalue weighted by Crippen LogP contribution is 2.32. The number of carbonyl (C=O) groups is 1. The van der Waals surface area contributed by atoms with E-state index in [1.165, 1.54) is 28.6 Å². The Morgan fingerprint density at radius 2 is 2.30 bits per heavy atom. The Labute approximate surface area is 135 Å². The Morgan fingerprint density at radius 3 is 3.17 bits per heavy atom. The van der Waals surface area contributed by atoms with Crippen molar-refractivity contribution in [2.75, 3.05) is 13.2 Å². The van der Waals surface area contributed by atoms with Gasteiger partial charge in [0.15, 0.2) is 0 Å². The Hall–Kier alpha value is -2.28. The van der Waals surface area contributed by atoms with Crippen molar-refractivity contribution in [2.24, 2.45) is 0 Å². The molecule has 1 atom stereocenters. The van der Waals surface area contributed by atoms with Gasteiger partial charge in [-0.3, -0.25) is 4.79 Å². The summed E-state index contributed by atoms with van der Waals surface area (Å²) in [5.74, 6) is -0.0969. The van der Waals surface area contributed by atoms with Crippen LogP contribution in [0.4, 0.5) is 0 Å². The molecule has 0 saturated heterocycles. The lowest BCUT2D eigenvalue weighted by atomic mass is 9.89. The van der Waals surface area contributed by atoms with Gasteiger partial charge in [-0.1, -0.05) is 24.3 Å². The molecule has 122 valence electrons. The van der Waals surface area contributed by atoms with Crippen molar-refractivity contribution in [3.8, 4) is 0 Å². The highest BCUT2D eigenvalue weighted by atomic mass is 16.5. The van der Waals surface area contributed by atoms with Crippen molar-refractivity contribution in [3.05, 3.63) is 41.7 Å². The zero-order valence-corrected chi connectivity index (χ0v) is 13.0. The molecular weight excluding hydrogens is 294 g/mol. The lowest BCUT2D eigenvalue weighted by molar-refractivity contribution is -0.121. The van der Waals surface area contributed by atoms with Gasteiger partial charge in [-0.25, -0.2) is 4.68 Å². The summed E-state index contributed by atoms with van der Waals surface area (Å²) in [6, 6.07) is 8.50. The standard InChI is InChI=1S/C16H21N5O2/c22-16(11-21-12-18-19-20-21)17-9-4-10-23-15-8-3-6-13-5-1-2-7-14(13)15/h1-2,5,7,12,15H,3-4,6,8-11H2,(H,17,22). The smallest absolute Gasteiger partial charge is 0.241 e. The molecule has 1 unspecified atom stereocenters. The molecule has 7 heteroatoms. The molecule has 0 spiro atoms. The Morgan fingerprint density at radius 1 is 1.39 bits per heavy atom. The number of nitrogens with one attached hydrogen (secondary N) is 1. The summed E-state index contributed by atoms with van der Waals surface area (Å²) < 4.78 is 7.40. The molecule has 1 N–H and O–H groups in total. The second-order valence-electron chi connectivity index (χ2n) is 5.66. The molecule has 1 aliphatic rings. The molecule has 0 aliphatic heterocycles. The van der Waals surface area contributed by atoms with Gasteiger partial charge in [0.25, 0.3) is 0 Å². The molecular formula is C16H21N5O2. The van der Waals surface area contributed by atoms with Crippen LogP contribution in [-0.2, 0) is 22.5 Å². The van der Waals surface area contributed by atoms with Crippen molar-refractivity contribution in [1.29, 1.82) is 0 Å². The summed E-state index contributed by atoms with van der Waals surface area (Å²) in [7, 11) is 0. The zero-order valence-electron chi connectivity index (χ0n) is 13.0. The molecule has 0 fully saturated rings. The van der Waals surface area contributed by atoms with Crippen molar-refractivity contribution in [1.82, 2.24) is 25.5 Å². The van der Waals surface area contributed by atoms with Crippen molar-refractivity contribution in [2.45, 2.75) is 38.3 Å². The Kier molecular flexibility index (Phi) is 5.31. The van der Waals surface area contributed by atoms with Gasteiger partial charge in [0.1, 0.15) is 12.9 Å². The first-order valence-corrected chi connectivity index (χ1v) is 8.00. The number of tetrazole rings is 1. The van der Waals surface area contributed by atoms with Crippen LogP contribution in [0.5, 0.6) is 0 Å². The monoisotopic (exact) mass is 315 g/mol. The first kappa shape index (κ1) is 15.6. The minimum atomic E-state index is -0.0969. The highest BCUT2D eigenvalue weighted by Gasteiger charge is 2.19. The second kappa shape index (κ2) is 7.82. The fourth-order valence-electron chi connectivity index (χ4n) is 2.86. The van der Waals surface area contributed by atoms with E-state index in [0.717, 1.165) is 19.3 Å². The van der Waals surface area contributed by atoms with E-state index in [1.807, 2.05) is 0 Å². The Balaban J connectivity index is 1.35. The number of rotatable bonds is 7. The third-order valence-electron chi connectivity index (χ3n) is 3.97.